The van der Waals surface area contributed by atoms with Crippen LogP contribution < -0.4 is 0 Å². The van der Waals surface area contributed by atoms with Crippen molar-refractivity contribution in [1.82, 2.24) is 20.0 Å². The van der Waals surface area contributed by atoms with Crippen LogP contribution in [0.1, 0.15) is 11.5 Å². The second-order valence-electron chi connectivity index (χ2n) is 5.44. The maximum atomic E-state index is 5.40. The van der Waals surface area contributed by atoms with Crippen LogP contribution in [0.4, 0.5) is 0 Å². The minimum Gasteiger partial charge on any atom is -0.383 e. The van der Waals surface area contributed by atoms with Crippen molar-refractivity contribution in [2.24, 2.45) is 0 Å². The van der Waals surface area contributed by atoms with Gasteiger partial charge in [0.2, 0.25) is 11.7 Å². The monoisotopic (exact) mass is 324 g/mol. The highest BCUT2D eigenvalue weighted by Crippen LogP contribution is 2.15. The molecule has 0 N–H and O–H groups in total. The Bertz CT molecular complexity index is 731. The Balaban J connectivity index is 1.69. The van der Waals surface area contributed by atoms with Gasteiger partial charge >= 0.3 is 0 Å². The van der Waals surface area contributed by atoms with Crippen molar-refractivity contribution < 1.29 is 9.26 Å². The van der Waals surface area contributed by atoms with Gasteiger partial charge in [-0.25, -0.2) is 0 Å². The Morgan fingerprint density at radius 1 is 1.08 bits per heavy atom. The summed E-state index contributed by atoms with van der Waals surface area (Å²) < 4.78 is 10.6. The molecule has 0 amide bonds. The van der Waals surface area contributed by atoms with E-state index in [1.165, 1.54) is 5.56 Å². The molecule has 0 bridgehead atoms. The van der Waals surface area contributed by atoms with Crippen LogP contribution in [0.5, 0.6) is 0 Å². The molecule has 1 aromatic carbocycles. The minimum absolute atomic E-state index is 0.560. The largest absolute Gasteiger partial charge is 0.383 e. The van der Waals surface area contributed by atoms with Gasteiger partial charge in [-0.3, -0.25) is 9.88 Å². The van der Waals surface area contributed by atoms with Gasteiger partial charge in [-0.05, 0) is 17.7 Å². The first kappa shape index (κ1) is 16.3. The number of ether oxygens (including phenoxy) is 1. The van der Waals surface area contributed by atoms with E-state index in [9.17, 15) is 0 Å². The normalized spacial score (nSPS) is 11.1. The van der Waals surface area contributed by atoms with Gasteiger partial charge in [0.15, 0.2) is 0 Å². The van der Waals surface area contributed by atoms with Gasteiger partial charge in [0.05, 0.1) is 13.2 Å². The number of aromatic nitrogens is 3. The van der Waals surface area contributed by atoms with Crippen LogP contribution >= 0.6 is 0 Å². The lowest BCUT2D eigenvalue weighted by Crippen LogP contribution is -2.26. The van der Waals surface area contributed by atoms with Crippen molar-refractivity contribution >= 4 is 0 Å². The molecule has 0 spiro atoms. The predicted molar refractivity (Wildman–Crippen MR) is 90.0 cm³/mol. The minimum atomic E-state index is 0.560. The van der Waals surface area contributed by atoms with Crippen molar-refractivity contribution in [2.75, 3.05) is 20.3 Å². The summed E-state index contributed by atoms with van der Waals surface area (Å²) in [5, 5.41) is 4.04. The van der Waals surface area contributed by atoms with E-state index in [1.807, 2.05) is 30.3 Å². The summed E-state index contributed by atoms with van der Waals surface area (Å²) in [6, 6.07) is 14.1. The molecule has 0 radical (unpaired) electrons. The van der Waals surface area contributed by atoms with Crippen LogP contribution in [0.2, 0.25) is 0 Å². The van der Waals surface area contributed by atoms with Crippen LogP contribution in [0.15, 0.2) is 59.4 Å². The van der Waals surface area contributed by atoms with Crippen LogP contribution in [0.3, 0.4) is 0 Å². The maximum absolute atomic E-state index is 5.40. The number of benzene rings is 1. The maximum Gasteiger partial charge on any atom is 0.241 e. The van der Waals surface area contributed by atoms with Crippen molar-refractivity contribution in [1.29, 1.82) is 0 Å². The summed E-state index contributed by atoms with van der Waals surface area (Å²) in [5.41, 5.74) is 2.08. The van der Waals surface area contributed by atoms with Gasteiger partial charge in [0, 0.05) is 38.2 Å². The summed E-state index contributed by atoms with van der Waals surface area (Å²) in [6.45, 7) is 2.81. The lowest BCUT2D eigenvalue weighted by molar-refractivity contribution is 0.131. The van der Waals surface area contributed by atoms with Crippen LogP contribution in [0.25, 0.3) is 11.4 Å². The number of pyridine rings is 1. The average Bonchev–Trinajstić information content (AvgIpc) is 3.10. The first-order valence-electron chi connectivity index (χ1n) is 7.83. The SMILES string of the molecule is COCCN(Cc1ccccc1)Cc1nc(-c2cccnc2)no1. The summed E-state index contributed by atoms with van der Waals surface area (Å²) >= 11 is 0. The Labute approximate surface area is 141 Å². The molecule has 2 aromatic heterocycles. The first-order chi connectivity index (χ1) is 11.8. The third-order valence-corrected chi connectivity index (χ3v) is 3.61. The molecule has 0 atom stereocenters. The molecule has 0 saturated heterocycles. The number of hydrogen-bond acceptors (Lipinski definition) is 6. The molecule has 0 aliphatic carbocycles. The van der Waals surface area contributed by atoms with E-state index in [2.05, 4.69) is 32.2 Å². The van der Waals surface area contributed by atoms with Gasteiger partial charge in [-0.1, -0.05) is 35.5 Å². The second-order valence-corrected chi connectivity index (χ2v) is 5.44. The zero-order valence-corrected chi connectivity index (χ0v) is 13.6. The van der Waals surface area contributed by atoms with E-state index >= 15 is 0 Å². The predicted octanol–water partition coefficient (Wildman–Crippen LogP) is 2.78. The van der Waals surface area contributed by atoms with Gasteiger partial charge < -0.3 is 9.26 Å². The highest BCUT2D eigenvalue weighted by atomic mass is 16.5. The van der Waals surface area contributed by atoms with Crippen LogP contribution in [0, 0.1) is 0 Å². The third-order valence-electron chi connectivity index (χ3n) is 3.61. The standard InChI is InChI=1S/C18H20N4O2/c1-23-11-10-22(13-15-6-3-2-4-7-15)14-17-20-18(21-24-17)16-8-5-9-19-12-16/h2-9,12H,10-11,13-14H2,1H3. The van der Waals surface area contributed by atoms with Gasteiger partial charge in [-0.15, -0.1) is 0 Å². The molecular weight excluding hydrogens is 304 g/mol. The topological polar surface area (TPSA) is 64.3 Å². The van der Waals surface area contributed by atoms with E-state index in [-0.39, 0.29) is 0 Å². The third kappa shape index (κ3) is 4.47. The molecule has 2 heterocycles. The Morgan fingerprint density at radius 2 is 1.96 bits per heavy atom. The fourth-order valence-corrected chi connectivity index (χ4v) is 2.40. The summed E-state index contributed by atoms with van der Waals surface area (Å²) in [6.07, 6.45) is 3.44. The number of hydrogen-bond donors (Lipinski definition) is 0. The summed E-state index contributed by atoms with van der Waals surface area (Å²) in [4.78, 5) is 10.8. The molecule has 124 valence electrons. The fraction of sp³-hybridized carbons (Fsp3) is 0.278. The average molecular weight is 324 g/mol. The molecule has 3 aromatic rings. The molecule has 0 fully saturated rings. The Kier molecular flexibility index (Phi) is 5.65. The van der Waals surface area contributed by atoms with Crippen LogP contribution in [-0.2, 0) is 17.8 Å². The van der Waals surface area contributed by atoms with Crippen molar-refractivity contribution in [3.63, 3.8) is 0 Å². The quantitative estimate of drug-likeness (QED) is 0.635. The van der Waals surface area contributed by atoms with E-state index in [1.54, 1.807) is 19.5 Å². The number of rotatable bonds is 8. The molecule has 0 unspecified atom stereocenters. The van der Waals surface area contributed by atoms with Crippen LogP contribution in [-0.4, -0.2) is 40.3 Å². The zero-order chi connectivity index (χ0) is 16.6. The Morgan fingerprint density at radius 3 is 2.71 bits per heavy atom. The van der Waals surface area contributed by atoms with Crippen molar-refractivity contribution in [3.8, 4) is 11.4 Å². The molecule has 6 heteroatoms. The number of methoxy groups -OCH3 is 1. The summed E-state index contributed by atoms with van der Waals surface area (Å²) in [7, 11) is 1.70. The fourth-order valence-electron chi connectivity index (χ4n) is 2.40. The molecule has 0 aliphatic rings. The molecule has 24 heavy (non-hydrogen) atoms. The van der Waals surface area contributed by atoms with Gasteiger partial charge in [0.1, 0.15) is 0 Å². The molecule has 0 aliphatic heterocycles. The zero-order valence-electron chi connectivity index (χ0n) is 13.6. The highest BCUT2D eigenvalue weighted by molar-refractivity contribution is 5.51. The smallest absolute Gasteiger partial charge is 0.241 e. The van der Waals surface area contributed by atoms with E-state index in [4.69, 9.17) is 9.26 Å². The Hall–Kier alpha value is -2.57. The molecule has 6 nitrogen and oxygen atoms in total. The highest BCUT2D eigenvalue weighted by Gasteiger charge is 2.13. The molecule has 0 saturated carbocycles. The van der Waals surface area contributed by atoms with Crippen molar-refractivity contribution in [2.45, 2.75) is 13.1 Å². The van der Waals surface area contributed by atoms with E-state index in [0.717, 1.165) is 18.7 Å². The lowest BCUT2D eigenvalue weighted by atomic mass is 10.2. The van der Waals surface area contributed by atoms with E-state index < -0.39 is 0 Å². The number of nitrogens with zero attached hydrogens (tertiary/aromatic N) is 4. The van der Waals surface area contributed by atoms with Crippen molar-refractivity contribution in [3.05, 3.63) is 66.3 Å². The molecular formula is C18H20N4O2. The first-order valence-corrected chi connectivity index (χ1v) is 7.83. The van der Waals surface area contributed by atoms with Gasteiger partial charge in [-0.2, -0.15) is 4.98 Å². The molecule has 3 rings (SSSR count). The van der Waals surface area contributed by atoms with Gasteiger partial charge in [0.25, 0.3) is 0 Å². The second kappa shape index (κ2) is 8.33. The lowest BCUT2D eigenvalue weighted by Gasteiger charge is -2.20. The van der Waals surface area contributed by atoms with E-state index in [0.29, 0.717) is 24.9 Å². The summed E-state index contributed by atoms with van der Waals surface area (Å²) in [5.74, 6) is 1.14.